The summed E-state index contributed by atoms with van der Waals surface area (Å²) < 4.78 is 29.5. The average Bonchev–Trinajstić information content (AvgIpc) is 3.30. The maximum atomic E-state index is 13.6. The Morgan fingerprint density at radius 3 is 2.16 bits per heavy atom. The minimum atomic E-state index is -4.19. The van der Waals surface area contributed by atoms with Gasteiger partial charge in [-0.1, -0.05) is 56.5 Å². The number of unbranched alkanes of at least 4 members (excludes halogenated alkanes) is 2. The highest BCUT2D eigenvalue weighted by Crippen LogP contribution is 2.77. The number of benzene rings is 3. The summed E-state index contributed by atoms with van der Waals surface area (Å²) in [6, 6.07) is 22.2. The van der Waals surface area contributed by atoms with Gasteiger partial charge < -0.3 is 20.9 Å². The summed E-state index contributed by atoms with van der Waals surface area (Å²) in [4.78, 5) is 48.1. The van der Waals surface area contributed by atoms with Gasteiger partial charge in [-0.2, -0.15) is 0 Å². The minimum absolute atomic E-state index is 0.0334. The van der Waals surface area contributed by atoms with Crippen LogP contribution in [0.3, 0.4) is 0 Å². The van der Waals surface area contributed by atoms with Gasteiger partial charge >= 0.3 is 0 Å². The molecule has 3 saturated carbocycles. The molecule has 0 spiro atoms. The summed E-state index contributed by atoms with van der Waals surface area (Å²) in [5, 5.41) is 3.63. The Kier molecular flexibility index (Phi) is 16.0. The van der Waals surface area contributed by atoms with Crippen molar-refractivity contribution in [2.75, 3.05) is 81.4 Å². The van der Waals surface area contributed by atoms with Crippen molar-refractivity contribution in [3.8, 4) is 0 Å². The van der Waals surface area contributed by atoms with E-state index < -0.39 is 15.9 Å². The molecule has 0 aromatic heterocycles. The van der Waals surface area contributed by atoms with Crippen molar-refractivity contribution in [3.63, 3.8) is 0 Å². The van der Waals surface area contributed by atoms with Gasteiger partial charge in [-0.3, -0.25) is 24.2 Å². The number of primary amides is 1. The normalized spacial score (nSPS) is 23.4. The van der Waals surface area contributed by atoms with Gasteiger partial charge in [0.15, 0.2) is 0 Å². The van der Waals surface area contributed by atoms with Crippen LogP contribution in [0, 0.1) is 16.2 Å². The maximum Gasteiger partial charge on any atom is 0.264 e. The Hall–Kier alpha value is -4.02. The fourth-order valence-electron chi connectivity index (χ4n) is 11.6. The second-order valence-electron chi connectivity index (χ2n) is 21.5. The second-order valence-corrected chi connectivity index (χ2v) is 24.7. The molecule has 2 heterocycles. The van der Waals surface area contributed by atoms with E-state index in [1.165, 1.54) is 50.7 Å². The number of sulfonamides is 1. The van der Waals surface area contributed by atoms with E-state index in [9.17, 15) is 22.8 Å². The number of thiol groups is 1. The number of carbonyl (C=O) groups is 3. The topological polar surface area (TPSA) is 148 Å². The SMILES string of the molecule is CC1(C)CCC(CN2CCN(c3ccc(C(=O)NS(=O)(=O)c4ccc(NC(CCN5CCN(C(=O)CCCCCC(N)=O)CC5)CSc5ccccc5)c(S)c4)cc3)CC2)=C(C23CC(C)(C2)C3)C1. The molecule has 15 heteroatoms. The van der Waals surface area contributed by atoms with E-state index in [0.717, 1.165) is 94.4 Å². The summed E-state index contributed by atoms with van der Waals surface area (Å²) >= 11 is 6.48. The Bertz CT molecular complexity index is 2390. The lowest BCUT2D eigenvalue weighted by Crippen LogP contribution is -2.61. The van der Waals surface area contributed by atoms with Crippen molar-refractivity contribution in [3.05, 3.63) is 89.5 Å². The highest BCUT2D eigenvalue weighted by atomic mass is 32.2. The highest BCUT2D eigenvalue weighted by molar-refractivity contribution is 7.99. The van der Waals surface area contributed by atoms with E-state index in [4.69, 9.17) is 18.4 Å². The number of rotatable bonds is 21. The molecular weight excluding hydrogens is 911 g/mol. The van der Waals surface area contributed by atoms with Crippen LogP contribution in [0.15, 0.2) is 98.6 Å². The van der Waals surface area contributed by atoms with Crippen LogP contribution in [0.25, 0.3) is 0 Å². The summed E-state index contributed by atoms with van der Waals surface area (Å²) in [6.45, 7) is 16.0. The Morgan fingerprint density at radius 1 is 0.824 bits per heavy atom. The second kappa shape index (κ2) is 21.5. The summed E-state index contributed by atoms with van der Waals surface area (Å²) in [5.74, 6) is -0.0422. The number of hydrogen-bond acceptors (Lipinski definition) is 11. The number of hydrogen-bond donors (Lipinski definition) is 4. The predicted molar refractivity (Wildman–Crippen MR) is 277 cm³/mol. The Labute approximate surface area is 415 Å². The van der Waals surface area contributed by atoms with E-state index in [-0.39, 0.29) is 28.3 Å². The van der Waals surface area contributed by atoms with Gasteiger partial charge in [-0.25, -0.2) is 13.1 Å². The van der Waals surface area contributed by atoms with Crippen LogP contribution in [0.1, 0.15) is 108 Å². The predicted octanol–water partition coefficient (Wildman–Crippen LogP) is 8.46. The van der Waals surface area contributed by atoms with Gasteiger partial charge in [0, 0.05) is 117 Å². The highest BCUT2D eigenvalue weighted by Gasteiger charge is 2.66. The molecule has 0 radical (unpaired) electrons. The number of nitrogens with one attached hydrogen (secondary N) is 2. The zero-order chi connectivity index (χ0) is 48.1. The number of thioether (sulfide) groups is 1. The molecule has 9 rings (SSSR count). The molecule has 368 valence electrons. The van der Waals surface area contributed by atoms with E-state index in [0.29, 0.717) is 52.8 Å². The van der Waals surface area contributed by atoms with Crippen LogP contribution in [0.5, 0.6) is 0 Å². The molecule has 2 bridgehead atoms. The molecule has 2 saturated heterocycles. The molecule has 4 aliphatic carbocycles. The third-order valence-corrected chi connectivity index (χ3v) is 18.2. The van der Waals surface area contributed by atoms with Gasteiger partial charge in [-0.05, 0) is 129 Å². The lowest BCUT2D eigenvalue weighted by molar-refractivity contribution is -0.167. The van der Waals surface area contributed by atoms with Crippen LogP contribution >= 0.6 is 24.4 Å². The molecule has 1 atom stereocenters. The largest absolute Gasteiger partial charge is 0.381 e. The lowest BCUT2D eigenvalue weighted by atomic mass is 9.33. The minimum Gasteiger partial charge on any atom is -0.381 e. The molecule has 3 aromatic carbocycles. The smallest absolute Gasteiger partial charge is 0.264 e. The number of carbonyl (C=O) groups excluding carboxylic acids is 3. The van der Waals surface area contributed by atoms with Gasteiger partial charge in [0.1, 0.15) is 0 Å². The molecule has 1 unspecified atom stereocenters. The van der Waals surface area contributed by atoms with Crippen molar-refractivity contribution in [1.82, 2.24) is 19.4 Å². The summed E-state index contributed by atoms with van der Waals surface area (Å²) in [5.41, 5.74) is 12.3. The third-order valence-electron chi connectivity index (χ3n) is 15.3. The van der Waals surface area contributed by atoms with Crippen LogP contribution in [0.4, 0.5) is 11.4 Å². The van der Waals surface area contributed by atoms with Crippen molar-refractivity contribution in [2.24, 2.45) is 22.0 Å². The van der Waals surface area contributed by atoms with Gasteiger partial charge in [0.25, 0.3) is 15.9 Å². The quantitative estimate of drug-likeness (QED) is 0.0355. The van der Waals surface area contributed by atoms with Gasteiger partial charge in [-0.15, -0.1) is 24.4 Å². The maximum absolute atomic E-state index is 13.6. The summed E-state index contributed by atoms with van der Waals surface area (Å²) in [7, 11) is -4.19. The molecule has 4 N–H and O–H groups in total. The Morgan fingerprint density at radius 2 is 1.50 bits per heavy atom. The number of nitrogens with zero attached hydrogens (tertiary/aromatic N) is 4. The van der Waals surface area contributed by atoms with E-state index in [1.807, 2.05) is 40.8 Å². The van der Waals surface area contributed by atoms with Crippen LogP contribution in [0.2, 0.25) is 0 Å². The lowest BCUT2D eigenvalue weighted by Gasteiger charge is -2.72. The fourth-order valence-corrected chi connectivity index (χ4v) is 13.9. The summed E-state index contributed by atoms with van der Waals surface area (Å²) in [6.07, 6.45) is 11.9. The Balaban J connectivity index is 0.814. The zero-order valence-electron chi connectivity index (χ0n) is 40.4. The zero-order valence-corrected chi connectivity index (χ0v) is 43.0. The molecule has 5 fully saturated rings. The van der Waals surface area contributed by atoms with E-state index in [1.54, 1.807) is 35.5 Å². The van der Waals surface area contributed by atoms with Crippen LogP contribution in [-0.2, 0) is 19.6 Å². The van der Waals surface area contributed by atoms with Crippen molar-refractivity contribution < 1.29 is 22.8 Å². The van der Waals surface area contributed by atoms with E-state index in [2.05, 4.69) is 57.6 Å². The monoisotopic (exact) mass is 983 g/mol. The molecule has 6 aliphatic rings. The first-order valence-electron chi connectivity index (χ1n) is 24.9. The first-order valence-corrected chi connectivity index (χ1v) is 27.8. The molecule has 12 nitrogen and oxygen atoms in total. The fraction of sp³-hybridized carbons (Fsp3) is 0.566. The number of amides is 3. The number of piperazine rings is 2. The third kappa shape index (κ3) is 12.6. The number of allylic oxidation sites excluding steroid dienone is 1. The first kappa shape index (κ1) is 50.4. The van der Waals surface area contributed by atoms with Crippen molar-refractivity contribution >= 4 is 63.5 Å². The molecule has 68 heavy (non-hydrogen) atoms. The van der Waals surface area contributed by atoms with Crippen molar-refractivity contribution in [1.29, 1.82) is 0 Å². The van der Waals surface area contributed by atoms with Crippen LogP contribution < -0.4 is 20.7 Å². The first-order chi connectivity index (χ1) is 32.5. The standard InChI is InChI=1S/C53H73N7O5S3/c1-51(2)22-20-40(45(33-51)53-36-52(3,37-53)38-53)34-58-26-28-59(29-27-58)42-16-14-39(15-17-42)50(63)56-68(64,65)44-18-19-46(47(66)32-44)55-41(35-67-43-10-6-4-7-11-43)21-23-57-24-30-60(31-25-57)49(62)13-9-5-8-12-48(54)61/h4,6-7,10-11,14-19,32,41,55,66H,5,8-9,12-13,20-31,33-38H2,1-3H3,(H2,54,61)(H,56,63). The molecular formula is C53H73N7O5S3. The molecule has 3 amide bonds. The number of nitrogens with two attached hydrogens (primary N) is 1. The van der Waals surface area contributed by atoms with Gasteiger partial charge in [0.05, 0.1) is 4.90 Å². The van der Waals surface area contributed by atoms with Gasteiger partial charge in [0.2, 0.25) is 11.8 Å². The van der Waals surface area contributed by atoms with Crippen LogP contribution in [-0.4, -0.2) is 118 Å². The molecule has 2 aliphatic heterocycles. The molecule has 3 aromatic rings. The van der Waals surface area contributed by atoms with Crippen molar-refractivity contribution in [2.45, 2.75) is 119 Å². The van der Waals surface area contributed by atoms with E-state index >= 15 is 0 Å². The number of anilines is 2. The average molecular weight is 984 g/mol.